The van der Waals surface area contributed by atoms with E-state index < -0.39 is 0 Å². The second kappa shape index (κ2) is 9.17. The molecule has 34 heavy (non-hydrogen) atoms. The van der Waals surface area contributed by atoms with E-state index in [1.807, 2.05) is 36.5 Å². The summed E-state index contributed by atoms with van der Waals surface area (Å²) >= 11 is 0. The number of benzene rings is 1. The first kappa shape index (κ1) is 21.4. The first-order valence-electron chi connectivity index (χ1n) is 11.0. The van der Waals surface area contributed by atoms with E-state index >= 15 is 0 Å². The molecule has 172 valence electrons. The number of aromatic nitrogens is 11. The zero-order chi connectivity index (χ0) is 23.5. The van der Waals surface area contributed by atoms with Crippen LogP contribution < -0.4 is 5.69 Å². The Hall–Kier alpha value is -4.48. The van der Waals surface area contributed by atoms with Crippen molar-refractivity contribution in [3.8, 4) is 28.5 Å². The summed E-state index contributed by atoms with van der Waals surface area (Å²) in [5, 5.41) is 26.0. The van der Waals surface area contributed by atoms with Crippen molar-refractivity contribution in [1.29, 1.82) is 0 Å². The lowest BCUT2D eigenvalue weighted by molar-refractivity contribution is 0.658. The molecule has 12 nitrogen and oxygen atoms in total. The van der Waals surface area contributed by atoms with Gasteiger partial charge in [0.05, 0.1) is 6.54 Å². The number of aryl methyl sites for hydroxylation is 2. The highest BCUT2D eigenvalue weighted by Gasteiger charge is 2.19. The van der Waals surface area contributed by atoms with Crippen molar-refractivity contribution in [3.05, 3.63) is 70.7 Å². The Labute approximate surface area is 194 Å². The fourth-order valence-corrected chi connectivity index (χ4v) is 4.00. The van der Waals surface area contributed by atoms with Crippen LogP contribution in [0.15, 0.2) is 53.7 Å². The van der Waals surface area contributed by atoms with Gasteiger partial charge in [-0.05, 0) is 51.2 Å². The molecule has 0 aliphatic heterocycles. The second-order valence-electron chi connectivity index (χ2n) is 7.88. The first-order chi connectivity index (χ1) is 16.7. The number of nitrogens with zero attached hydrogens (tertiary/aromatic N) is 10. The Morgan fingerprint density at radius 1 is 1.06 bits per heavy atom. The van der Waals surface area contributed by atoms with Gasteiger partial charge >= 0.3 is 5.69 Å². The van der Waals surface area contributed by atoms with Gasteiger partial charge in [-0.2, -0.15) is 5.21 Å². The van der Waals surface area contributed by atoms with Crippen molar-refractivity contribution in [1.82, 2.24) is 54.9 Å². The Morgan fingerprint density at radius 2 is 1.91 bits per heavy atom. The molecule has 0 aliphatic rings. The van der Waals surface area contributed by atoms with Gasteiger partial charge in [-0.1, -0.05) is 42.7 Å². The lowest BCUT2D eigenvalue weighted by Gasteiger charge is -2.13. The molecule has 1 N–H and O–H groups in total. The van der Waals surface area contributed by atoms with Gasteiger partial charge in [0, 0.05) is 36.9 Å². The fraction of sp³-hybridized carbons (Fsp3) is 0.273. The summed E-state index contributed by atoms with van der Waals surface area (Å²) in [5.41, 5.74) is 4.32. The highest BCUT2D eigenvalue weighted by atomic mass is 16.2. The van der Waals surface area contributed by atoms with E-state index in [4.69, 9.17) is 0 Å². The zero-order valence-corrected chi connectivity index (χ0v) is 18.8. The van der Waals surface area contributed by atoms with Crippen LogP contribution in [-0.2, 0) is 20.0 Å². The van der Waals surface area contributed by atoms with Gasteiger partial charge in [-0.15, -0.1) is 10.2 Å². The minimum atomic E-state index is -0.203. The Bertz CT molecular complexity index is 1460. The molecular formula is C22H23N11O. The van der Waals surface area contributed by atoms with Gasteiger partial charge in [0.25, 0.3) is 5.95 Å². The van der Waals surface area contributed by atoms with Crippen LogP contribution in [0.4, 0.5) is 0 Å². The predicted molar refractivity (Wildman–Crippen MR) is 123 cm³/mol. The number of tetrazole rings is 2. The molecule has 0 radical (unpaired) electrons. The Morgan fingerprint density at radius 3 is 2.65 bits per heavy atom. The van der Waals surface area contributed by atoms with Crippen molar-refractivity contribution in [2.24, 2.45) is 7.05 Å². The molecule has 0 saturated heterocycles. The molecule has 5 aromatic rings. The maximum absolute atomic E-state index is 13.5. The van der Waals surface area contributed by atoms with Crippen molar-refractivity contribution < 1.29 is 0 Å². The topological polar surface area (TPSA) is 138 Å². The van der Waals surface area contributed by atoms with E-state index in [1.165, 1.54) is 9.25 Å². The number of unbranched alkanes of at least 4 members (excludes halogenated alkanes) is 1. The maximum Gasteiger partial charge on any atom is 0.335 e. The third-order valence-corrected chi connectivity index (χ3v) is 5.70. The summed E-state index contributed by atoms with van der Waals surface area (Å²) in [5.74, 6) is 0.871. The zero-order valence-electron chi connectivity index (χ0n) is 18.8. The van der Waals surface area contributed by atoms with E-state index in [9.17, 15) is 4.79 Å². The maximum atomic E-state index is 13.5. The molecule has 5 rings (SSSR count). The third kappa shape index (κ3) is 3.89. The van der Waals surface area contributed by atoms with Crippen LogP contribution in [0.25, 0.3) is 28.5 Å². The van der Waals surface area contributed by atoms with E-state index in [2.05, 4.69) is 48.1 Å². The molecule has 0 saturated carbocycles. The van der Waals surface area contributed by atoms with Crippen LogP contribution in [0.1, 0.15) is 31.0 Å². The number of hydrogen-bond donors (Lipinski definition) is 1. The molecule has 0 amide bonds. The van der Waals surface area contributed by atoms with E-state index in [0.29, 0.717) is 18.3 Å². The Kier molecular flexibility index (Phi) is 5.77. The van der Waals surface area contributed by atoms with E-state index in [1.54, 1.807) is 24.0 Å². The Balaban J connectivity index is 1.61. The number of nitrogens with one attached hydrogen (secondary N) is 1. The summed E-state index contributed by atoms with van der Waals surface area (Å²) < 4.78 is 4.74. The number of rotatable bonds is 8. The number of H-pyrrole nitrogens is 1. The van der Waals surface area contributed by atoms with Crippen molar-refractivity contribution in [3.63, 3.8) is 0 Å². The van der Waals surface area contributed by atoms with Gasteiger partial charge in [-0.25, -0.2) is 14.0 Å². The molecule has 4 heterocycles. The second-order valence-corrected chi connectivity index (χ2v) is 7.88. The van der Waals surface area contributed by atoms with E-state index in [-0.39, 0.29) is 5.69 Å². The number of aromatic amines is 1. The summed E-state index contributed by atoms with van der Waals surface area (Å²) in [6.07, 6.45) is 8.09. The van der Waals surface area contributed by atoms with Gasteiger partial charge in [0.2, 0.25) is 5.82 Å². The third-order valence-electron chi connectivity index (χ3n) is 5.70. The summed E-state index contributed by atoms with van der Waals surface area (Å²) in [6, 6.07) is 9.77. The minimum Gasteiger partial charge on any atom is -0.291 e. The predicted octanol–water partition coefficient (Wildman–Crippen LogP) is 1.80. The minimum absolute atomic E-state index is 0.203. The van der Waals surface area contributed by atoms with Gasteiger partial charge < -0.3 is 0 Å². The largest absolute Gasteiger partial charge is 0.335 e. The molecule has 1 aromatic carbocycles. The molecule has 0 spiro atoms. The van der Waals surface area contributed by atoms with Crippen LogP contribution in [0.2, 0.25) is 0 Å². The van der Waals surface area contributed by atoms with Crippen molar-refractivity contribution in [2.45, 2.75) is 32.7 Å². The SMILES string of the molecule is CCCCc1cn(-c2nnnn2C)c(=O)n1Cc1cnccc1-c1ccccc1-c1nn[nH]n1. The average Bonchev–Trinajstić information content (AvgIpc) is 3.60. The van der Waals surface area contributed by atoms with Crippen molar-refractivity contribution in [2.75, 3.05) is 0 Å². The van der Waals surface area contributed by atoms with Crippen LogP contribution in [-0.4, -0.2) is 54.9 Å². The average molecular weight is 458 g/mol. The first-order valence-corrected chi connectivity index (χ1v) is 11.0. The van der Waals surface area contributed by atoms with Crippen LogP contribution in [0, 0.1) is 0 Å². The number of pyridine rings is 1. The molecule has 0 fully saturated rings. The molecular weight excluding hydrogens is 434 g/mol. The molecule has 0 bridgehead atoms. The monoisotopic (exact) mass is 457 g/mol. The van der Waals surface area contributed by atoms with Crippen LogP contribution in [0.5, 0.6) is 0 Å². The number of imidazole rings is 1. The summed E-state index contributed by atoms with van der Waals surface area (Å²) in [6.45, 7) is 2.47. The van der Waals surface area contributed by atoms with Crippen LogP contribution >= 0.6 is 0 Å². The lowest BCUT2D eigenvalue weighted by atomic mass is 9.96. The highest BCUT2D eigenvalue weighted by Crippen LogP contribution is 2.32. The van der Waals surface area contributed by atoms with Crippen LogP contribution in [0.3, 0.4) is 0 Å². The number of hydrogen-bond acceptors (Lipinski definition) is 8. The summed E-state index contributed by atoms with van der Waals surface area (Å²) in [7, 11) is 1.71. The molecule has 0 atom stereocenters. The van der Waals surface area contributed by atoms with Gasteiger partial charge in [0.1, 0.15) is 0 Å². The quantitative estimate of drug-likeness (QED) is 0.372. The molecule has 12 heteroatoms. The lowest BCUT2D eigenvalue weighted by Crippen LogP contribution is -2.26. The normalized spacial score (nSPS) is 11.2. The standard InChI is InChI=1S/C22H23N11O/c1-3-4-7-16-14-33(21-26-29-30-31(21)2)22(34)32(16)13-15-12-23-11-10-17(15)18-8-5-6-9-19(18)20-24-27-28-25-20/h5-6,8-12,14H,3-4,7,13H2,1-2H3,(H,24,25,27,28). The fourth-order valence-electron chi connectivity index (χ4n) is 4.00. The molecule has 0 unspecified atom stereocenters. The highest BCUT2D eigenvalue weighted by molar-refractivity contribution is 5.81. The van der Waals surface area contributed by atoms with Gasteiger partial charge in [-0.3, -0.25) is 9.55 Å². The molecule has 0 aliphatic carbocycles. The smallest absolute Gasteiger partial charge is 0.291 e. The van der Waals surface area contributed by atoms with E-state index in [0.717, 1.165) is 47.2 Å². The summed E-state index contributed by atoms with van der Waals surface area (Å²) in [4.78, 5) is 17.8. The van der Waals surface area contributed by atoms with Crippen molar-refractivity contribution >= 4 is 0 Å². The molecule has 4 aromatic heterocycles. The van der Waals surface area contributed by atoms with Gasteiger partial charge in [0.15, 0.2) is 0 Å².